The molecule has 1 aromatic carbocycles. The van der Waals surface area contributed by atoms with Crippen LogP contribution in [0.3, 0.4) is 0 Å². The van der Waals surface area contributed by atoms with Crippen LogP contribution in [-0.4, -0.2) is 68.9 Å². The van der Waals surface area contributed by atoms with Crippen molar-refractivity contribution >= 4 is 35.3 Å². The Labute approximate surface area is 242 Å². The topological polar surface area (TPSA) is 87.9 Å². The normalized spacial score (nSPS) is 17.6. The molecule has 0 spiro atoms. The van der Waals surface area contributed by atoms with Crippen molar-refractivity contribution in [3.8, 4) is 5.75 Å². The molecule has 2 aliphatic heterocycles. The van der Waals surface area contributed by atoms with Crippen molar-refractivity contribution in [1.82, 2.24) is 19.4 Å². The van der Waals surface area contributed by atoms with Crippen LogP contribution >= 0.6 is 12.4 Å². The molecule has 8 nitrogen and oxygen atoms in total. The number of fused-ring (bicyclic) bond motifs is 3. The van der Waals surface area contributed by atoms with Crippen LogP contribution in [0.2, 0.25) is 0 Å². The quantitative estimate of drug-likeness (QED) is 0.404. The SMILES string of the molecule is CC1(C)CN(C(=O)CC2CCN(CC(=O)O)CC2)Cc2c1c1cccnc1n2Cc1ccc(OC(F)(F)F)cc1.Cl. The van der Waals surface area contributed by atoms with E-state index in [1.807, 2.05) is 21.9 Å². The first-order valence-electron chi connectivity index (χ1n) is 13.4. The van der Waals surface area contributed by atoms with Gasteiger partial charge in [-0.3, -0.25) is 14.5 Å². The zero-order valence-electron chi connectivity index (χ0n) is 23.0. The predicted octanol–water partition coefficient (Wildman–Crippen LogP) is 5.21. The molecule has 12 heteroatoms. The minimum Gasteiger partial charge on any atom is -0.480 e. The number of aromatic nitrogens is 2. The van der Waals surface area contributed by atoms with Crippen molar-refractivity contribution in [2.75, 3.05) is 26.2 Å². The van der Waals surface area contributed by atoms with Crippen LogP contribution in [0.1, 0.15) is 49.9 Å². The first-order valence-corrected chi connectivity index (χ1v) is 13.4. The van der Waals surface area contributed by atoms with Gasteiger partial charge in [-0.15, -0.1) is 25.6 Å². The minimum atomic E-state index is -4.75. The van der Waals surface area contributed by atoms with Gasteiger partial charge in [-0.25, -0.2) is 4.98 Å². The highest BCUT2D eigenvalue weighted by Crippen LogP contribution is 2.41. The molecule has 2 aliphatic rings. The highest BCUT2D eigenvalue weighted by atomic mass is 35.5. The maximum absolute atomic E-state index is 13.5. The molecule has 2 aromatic heterocycles. The van der Waals surface area contributed by atoms with Crippen molar-refractivity contribution in [2.24, 2.45) is 5.92 Å². The maximum atomic E-state index is 13.5. The molecule has 41 heavy (non-hydrogen) atoms. The lowest BCUT2D eigenvalue weighted by Gasteiger charge is -2.40. The monoisotopic (exact) mass is 594 g/mol. The van der Waals surface area contributed by atoms with Crippen LogP contribution in [0.4, 0.5) is 13.2 Å². The number of alkyl halides is 3. The average molecular weight is 595 g/mol. The highest BCUT2D eigenvalue weighted by molar-refractivity contribution is 5.86. The lowest BCUT2D eigenvalue weighted by Crippen LogP contribution is -2.46. The van der Waals surface area contributed by atoms with Gasteiger partial charge in [-0.1, -0.05) is 26.0 Å². The Balaban J connectivity index is 0.00000387. The van der Waals surface area contributed by atoms with Gasteiger partial charge in [-0.05, 0) is 67.2 Å². The molecule has 3 aromatic rings. The number of rotatable bonds is 7. The summed E-state index contributed by atoms with van der Waals surface area (Å²) in [5, 5.41) is 10.1. The van der Waals surface area contributed by atoms with E-state index in [4.69, 9.17) is 5.11 Å². The van der Waals surface area contributed by atoms with Gasteiger partial charge in [-0.2, -0.15) is 0 Å². The smallest absolute Gasteiger partial charge is 0.480 e. The van der Waals surface area contributed by atoms with Crippen LogP contribution in [0.5, 0.6) is 5.75 Å². The average Bonchev–Trinajstić information content (AvgIpc) is 3.19. The number of hydrogen-bond donors (Lipinski definition) is 1. The Kier molecular flexibility index (Phi) is 8.89. The van der Waals surface area contributed by atoms with Crippen LogP contribution < -0.4 is 4.74 Å². The Bertz CT molecular complexity index is 1400. The molecule has 0 bridgehead atoms. The first-order chi connectivity index (χ1) is 18.9. The third-order valence-corrected chi connectivity index (χ3v) is 7.91. The van der Waals surface area contributed by atoms with Crippen LogP contribution in [0.15, 0.2) is 42.6 Å². The number of carboxylic acids is 1. The van der Waals surface area contributed by atoms with Gasteiger partial charge in [0, 0.05) is 42.2 Å². The molecule has 0 radical (unpaired) electrons. The van der Waals surface area contributed by atoms with E-state index in [1.54, 1.807) is 18.3 Å². The number of piperidine rings is 1. The first kappa shape index (κ1) is 30.6. The Hall–Kier alpha value is -3.31. The molecule has 5 rings (SSSR count). The molecule has 1 saturated heterocycles. The largest absolute Gasteiger partial charge is 0.573 e. The summed E-state index contributed by atoms with van der Waals surface area (Å²) < 4.78 is 43.9. The maximum Gasteiger partial charge on any atom is 0.573 e. The number of amides is 1. The van der Waals surface area contributed by atoms with Gasteiger partial charge in [0.15, 0.2) is 0 Å². The van der Waals surface area contributed by atoms with E-state index in [2.05, 4.69) is 28.1 Å². The van der Waals surface area contributed by atoms with Crippen molar-refractivity contribution in [3.63, 3.8) is 0 Å². The van der Waals surface area contributed by atoms with Gasteiger partial charge in [0.1, 0.15) is 11.4 Å². The molecule has 1 N–H and O–H groups in total. The second-order valence-electron chi connectivity index (χ2n) is 11.4. The molecule has 222 valence electrons. The van der Waals surface area contributed by atoms with Crippen molar-refractivity contribution in [2.45, 2.75) is 58.0 Å². The van der Waals surface area contributed by atoms with Gasteiger partial charge >= 0.3 is 12.3 Å². The second-order valence-corrected chi connectivity index (χ2v) is 11.4. The fraction of sp³-hybridized carbons (Fsp3) is 0.483. The highest BCUT2D eigenvalue weighted by Gasteiger charge is 2.39. The third-order valence-electron chi connectivity index (χ3n) is 7.91. The van der Waals surface area contributed by atoms with Crippen molar-refractivity contribution in [1.29, 1.82) is 0 Å². The zero-order chi connectivity index (χ0) is 28.7. The molecular formula is C29H34ClF3N4O4. The molecule has 0 atom stereocenters. The Morgan fingerprint density at radius 1 is 1.12 bits per heavy atom. The summed E-state index contributed by atoms with van der Waals surface area (Å²) in [5.74, 6) is -0.822. The minimum absolute atomic E-state index is 0. The number of carbonyl (C=O) groups is 2. The lowest BCUT2D eigenvalue weighted by molar-refractivity contribution is -0.274. The Morgan fingerprint density at radius 3 is 2.44 bits per heavy atom. The molecule has 0 unspecified atom stereocenters. The van der Waals surface area contributed by atoms with E-state index in [-0.39, 0.29) is 41.9 Å². The summed E-state index contributed by atoms with van der Waals surface area (Å²) in [5.41, 5.74) is 3.33. The molecule has 0 saturated carbocycles. The number of hydrogen-bond acceptors (Lipinski definition) is 5. The molecule has 1 amide bonds. The molecule has 4 heterocycles. The number of halogens is 4. The number of nitrogens with zero attached hydrogens (tertiary/aromatic N) is 4. The molecule has 1 fully saturated rings. The number of carboxylic acid groups (broad SMARTS) is 1. The van der Waals surface area contributed by atoms with E-state index < -0.39 is 12.3 Å². The second kappa shape index (κ2) is 11.9. The zero-order valence-corrected chi connectivity index (χ0v) is 23.8. The molecule has 0 aliphatic carbocycles. The standard InChI is InChI=1S/C29H33F3N4O4.ClH/c1-28(2)18-35(24(37)14-19-9-12-34(13-10-19)17-25(38)39)16-23-26(28)22-4-3-11-33-27(22)36(23)15-20-5-7-21(8-6-20)40-29(30,31)32;/h3-8,11,19H,9-10,12-18H2,1-2H3,(H,38,39);1H. The van der Waals surface area contributed by atoms with Crippen LogP contribution in [0.25, 0.3) is 11.0 Å². The number of ether oxygens (including phenoxy) is 1. The van der Waals surface area contributed by atoms with Crippen LogP contribution in [0, 0.1) is 5.92 Å². The van der Waals surface area contributed by atoms with Gasteiger partial charge in [0.2, 0.25) is 5.91 Å². The van der Waals surface area contributed by atoms with Gasteiger partial charge in [0.05, 0.1) is 13.1 Å². The van der Waals surface area contributed by atoms with E-state index in [0.29, 0.717) is 39.1 Å². The van der Waals surface area contributed by atoms with Crippen molar-refractivity contribution < 1.29 is 32.6 Å². The lowest BCUT2D eigenvalue weighted by atomic mass is 9.79. The van der Waals surface area contributed by atoms with Crippen molar-refractivity contribution in [3.05, 3.63) is 59.4 Å². The summed E-state index contributed by atoms with van der Waals surface area (Å²) >= 11 is 0. The number of benzene rings is 1. The summed E-state index contributed by atoms with van der Waals surface area (Å²) in [7, 11) is 0. The number of pyridine rings is 1. The summed E-state index contributed by atoms with van der Waals surface area (Å²) in [4.78, 5) is 33.0. The van der Waals surface area contributed by atoms with Crippen LogP contribution in [-0.2, 0) is 28.1 Å². The number of aliphatic carboxylic acids is 1. The summed E-state index contributed by atoms with van der Waals surface area (Å²) in [6, 6.07) is 9.74. The molecular weight excluding hydrogens is 561 g/mol. The van der Waals surface area contributed by atoms with Gasteiger partial charge in [0.25, 0.3) is 0 Å². The van der Waals surface area contributed by atoms with E-state index in [0.717, 1.165) is 40.7 Å². The Morgan fingerprint density at radius 2 is 1.80 bits per heavy atom. The fourth-order valence-electron chi connectivity index (χ4n) is 6.18. The van der Waals surface area contributed by atoms with E-state index >= 15 is 0 Å². The predicted molar refractivity (Wildman–Crippen MR) is 149 cm³/mol. The van der Waals surface area contributed by atoms with E-state index in [9.17, 15) is 22.8 Å². The third kappa shape index (κ3) is 6.95. The van der Waals surface area contributed by atoms with E-state index in [1.165, 1.54) is 12.1 Å². The number of likely N-dealkylation sites (tertiary alicyclic amines) is 1. The summed E-state index contributed by atoms with van der Waals surface area (Å²) in [6.07, 6.45) is -1.03. The number of carbonyl (C=O) groups excluding carboxylic acids is 1. The fourth-order valence-corrected chi connectivity index (χ4v) is 6.18. The van der Waals surface area contributed by atoms with Gasteiger partial charge < -0.3 is 19.3 Å². The summed E-state index contributed by atoms with van der Waals surface area (Å²) in [6.45, 7) is 6.98.